The molecule has 0 amide bonds. The number of rotatable bonds is 6. The number of aliphatic hydroxyl groups is 1. The Morgan fingerprint density at radius 1 is 1.33 bits per heavy atom. The van der Waals surface area contributed by atoms with Crippen LogP contribution in [0.5, 0.6) is 0 Å². The van der Waals surface area contributed by atoms with Crippen LogP contribution >= 0.6 is 0 Å². The van der Waals surface area contributed by atoms with Gasteiger partial charge in [0.1, 0.15) is 0 Å². The molecule has 12 heavy (non-hydrogen) atoms. The van der Waals surface area contributed by atoms with Crippen LogP contribution in [0.4, 0.5) is 0 Å². The van der Waals surface area contributed by atoms with E-state index in [1.165, 1.54) is 12.1 Å². The second-order valence-electron chi connectivity index (χ2n) is 2.86. The lowest BCUT2D eigenvalue weighted by atomic mass is 9.90. The molecule has 1 atom stereocenters. The van der Waals surface area contributed by atoms with Gasteiger partial charge in [-0.3, -0.25) is 0 Å². The minimum atomic E-state index is -1.45. The Hall–Kier alpha value is -0.315. The minimum absolute atomic E-state index is 0.543. The van der Waals surface area contributed by atoms with E-state index in [1.807, 2.05) is 0 Å². The number of unbranched alkanes of at least 4 members (excludes halogenated alkanes) is 2. The first-order valence-corrected chi connectivity index (χ1v) is 4.39. The van der Waals surface area contributed by atoms with Crippen LogP contribution in [-0.4, -0.2) is 28.4 Å². The van der Waals surface area contributed by atoms with Gasteiger partial charge in [-0.1, -0.05) is 38.2 Å². The van der Waals surface area contributed by atoms with E-state index in [9.17, 15) is 5.11 Å². The third-order valence-electron chi connectivity index (χ3n) is 1.61. The Morgan fingerprint density at radius 2 is 2.00 bits per heavy atom. The lowest BCUT2D eigenvalue weighted by molar-refractivity contribution is 0.208. The van der Waals surface area contributed by atoms with Gasteiger partial charge in [-0.2, -0.15) is 0 Å². The molecule has 0 saturated carbocycles. The van der Waals surface area contributed by atoms with E-state index in [1.54, 1.807) is 0 Å². The standard InChI is InChI=1S/C8H17BO3/c1-2-3-4-5-8(10)6-7-9(11)12/h6-8,10-12H,2-5H2,1H3. The van der Waals surface area contributed by atoms with Crippen molar-refractivity contribution >= 4 is 7.12 Å². The van der Waals surface area contributed by atoms with Gasteiger partial charge in [-0.15, -0.1) is 0 Å². The van der Waals surface area contributed by atoms with Crippen LogP contribution in [0.1, 0.15) is 32.6 Å². The summed E-state index contributed by atoms with van der Waals surface area (Å²) in [6, 6.07) is 0. The van der Waals surface area contributed by atoms with Crippen molar-refractivity contribution in [3.05, 3.63) is 12.1 Å². The fourth-order valence-corrected chi connectivity index (χ4v) is 0.927. The zero-order valence-corrected chi connectivity index (χ0v) is 7.48. The highest BCUT2D eigenvalue weighted by atomic mass is 16.4. The molecule has 4 heteroatoms. The second-order valence-corrected chi connectivity index (χ2v) is 2.86. The van der Waals surface area contributed by atoms with Crippen LogP contribution in [0.25, 0.3) is 0 Å². The smallest absolute Gasteiger partial charge is 0.424 e. The largest absolute Gasteiger partial charge is 0.480 e. The SMILES string of the molecule is CCCCCC(O)C=CB(O)O. The van der Waals surface area contributed by atoms with Crippen molar-refractivity contribution in [2.24, 2.45) is 0 Å². The first-order valence-electron chi connectivity index (χ1n) is 4.39. The van der Waals surface area contributed by atoms with Gasteiger partial charge in [0.25, 0.3) is 0 Å². The Bertz CT molecular complexity index is 125. The number of hydrogen-bond acceptors (Lipinski definition) is 3. The van der Waals surface area contributed by atoms with Gasteiger partial charge in [-0.25, -0.2) is 0 Å². The summed E-state index contributed by atoms with van der Waals surface area (Å²) in [5, 5.41) is 26.1. The summed E-state index contributed by atoms with van der Waals surface area (Å²) >= 11 is 0. The Labute approximate surface area is 73.9 Å². The summed E-state index contributed by atoms with van der Waals surface area (Å²) in [5.41, 5.74) is 0. The molecule has 0 heterocycles. The van der Waals surface area contributed by atoms with E-state index >= 15 is 0 Å². The second kappa shape index (κ2) is 7.34. The number of aliphatic hydroxyl groups excluding tert-OH is 1. The third kappa shape index (κ3) is 7.79. The normalized spacial score (nSPS) is 13.7. The van der Waals surface area contributed by atoms with Crippen LogP contribution in [0.15, 0.2) is 12.1 Å². The Kier molecular flexibility index (Phi) is 7.15. The summed E-state index contributed by atoms with van der Waals surface area (Å²) in [4.78, 5) is 0. The molecule has 0 fully saturated rings. The van der Waals surface area contributed by atoms with Gasteiger partial charge in [0.05, 0.1) is 6.10 Å². The molecule has 0 saturated heterocycles. The maximum Gasteiger partial charge on any atom is 0.480 e. The van der Waals surface area contributed by atoms with Crippen LogP contribution in [0.2, 0.25) is 0 Å². The quantitative estimate of drug-likeness (QED) is 0.403. The average Bonchev–Trinajstić information content (AvgIpc) is 2.01. The molecule has 0 bridgehead atoms. The molecule has 3 N–H and O–H groups in total. The fourth-order valence-electron chi connectivity index (χ4n) is 0.927. The van der Waals surface area contributed by atoms with Crippen molar-refractivity contribution in [2.75, 3.05) is 0 Å². The van der Waals surface area contributed by atoms with Gasteiger partial charge in [0, 0.05) is 0 Å². The minimum Gasteiger partial charge on any atom is -0.424 e. The van der Waals surface area contributed by atoms with E-state index in [2.05, 4.69) is 6.92 Å². The third-order valence-corrected chi connectivity index (χ3v) is 1.61. The summed E-state index contributed by atoms with van der Waals surface area (Å²) in [7, 11) is -1.45. The van der Waals surface area contributed by atoms with Gasteiger partial charge in [-0.05, 0) is 6.42 Å². The Balaban J connectivity index is 3.38. The van der Waals surface area contributed by atoms with Crippen molar-refractivity contribution in [2.45, 2.75) is 38.7 Å². The molecule has 0 aromatic rings. The highest BCUT2D eigenvalue weighted by Crippen LogP contribution is 2.03. The highest BCUT2D eigenvalue weighted by molar-refractivity contribution is 6.47. The molecule has 0 aliphatic rings. The first-order chi connectivity index (χ1) is 5.66. The Morgan fingerprint density at radius 3 is 2.50 bits per heavy atom. The zero-order valence-electron chi connectivity index (χ0n) is 7.48. The lowest BCUT2D eigenvalue weighted by Crippen LogP contribution is -2.09. The summed E-state index contributed by atoms with van der Waals surface area (Å²) < 4.78 is 0. The maximum atomic E-state index is 9.22. The predicted molar refractivity (Wildman–Crippen MR) is 49.5 cm³/mol. The first kappa shape index (κ1) is 11.7. The monoisotopic (exact) mass is 172 g/mol. The topological polar surface area (TPSA) is 60.7 Å². The van der Waals surface area contributed by atoms with Crippen LogP contribution < -0.4 is 0 Å². The molecule has 0 aliphatic carbocycles. The van der Waals surface area contributed by atoms with E-state index in [0.717, 1.165) is 19.3 Å². The van der Waals surface area contributed by atoms with E-state index in [0.29, 0.717) is 6.42 Å². The molecule has 0 aromatic heterocycles. The molecular formula is C8H17BO3. The summed E-state index contributed by atoms with van der Waals surface area (Å²) in [6.07, 6.45) is 4.77. The molecule has 0 radical (unpaired) electrons. The molecule has 0 rings (SSSR count). The van der Waals surface area contributed by atoms with E-state index in [4.69, 9.17) is 10.0 Å². The average molecular weight is 172 g/mol. The van der Waals surface area contributed by atoms with Crippen molar-refractivity contribution in [1.82, 2.24) is 0 Å². The van der Waals surface area contributed by atoms with Gasteiger partial charge >= 0.3 is 7.12 Å². The molecule has 1 unspecified atom stereocenters. The van der Waals surface area contributed by atoms with Gasteiger partial charge in [0.2, 0.25) is 0 Å². The molecule has 3 nitrogen and oxygen atoms in total. The van der Waals surface area contributed by atoms with Crippen LogP contribution in [0, 0.1) is 0 Å². The van der Waals surface area contributed by atoms with E-state index in [-0.39, 0.29) is 0 Å². The predicted octanol–water partition coefficient (Wildman–Crippen LogP) is 0.496. The lowest BCUT2D eigenvalue weighted by Gasteiger charge is -2.03. The van der Waals surface area contributed by atoms with Crippen LogP contribution in [-0.2, 0) is 0 Å². The summed E-state index contributed by atoms with van der Waals surface area (Å²) in [6.45, 7) is 2.10. The van der Waals surface area contributed by atoms with Crippen molar-refractivity contribution < 1.29 is 15.2 Å². The molecule has 0 aliphatic heterocycles. The van der Waals surface area contributed by atoms with Crippen LogP contribution in [0.3, 0.4) is 0 Å². The molecule has 0 aromatic carbocycles. The van der Waals surface area contributed by atoms with Gasteiger partial charge in [0.15, 0.2) is 0 Å². The maximum absolute atomic E-state index is 9.22. The summed E-state index contributed by atoms with van der Waals surface area (Å²) in [5.74, 6) is 1.18. The van der Waals surface area contributed by atoms with E-state index < -0.39 is 13.2 Å². The van der Waals surface area contributed by atoms with Crippen molar-refractivity contribution in [1.29, 1.82) is 0 Å². The van der Waals surface area contributed by atoms with Crippen molar-refractivity contribution in [3.63, 3.8) is 0 Å². The van der Waals surface area contributed by atoms with Crippen molar-refractivity contribution in [3.8, 4) is 0 Å². The fraction of sp³-hybridized carbons (Fsp3) is 0.750. The van der Waals surface area contributed by atoms with Gasteiger partial charge < -0.3 is 15.2 Å². The molecule has 70 valence electrons. The number of hydrogen-bond donors (Lipinski definition) is 3. The highest BCUT2D eigenvalue weighted by Gasteiger charge is 2.02. The molecular weight excluding hydrogens is 155 g/mol. The zero-order chi connectivity index (χ0) is 9.40. The molecule has 0 spiro atoms.